The summed E-state index contributed by atoms with van der Waals surface area (Å²) in [5.74, 6) is -0.348. The standard InChI is InChI=1S/C32H34BFN2O6S/c1-31(2)32(3,4)42-33(41-31)21-11-15-23(16-12-21)36(43(6,38)39)26-18-27-25(17-24(26)19-7-8-19)28(30(37)35-5)29(40-27)20-9-13-22(34)14-10-20/h9-19H,7-8H2,1-6H3,(H,35,37). The minimum Gasteiger partial charge on any atom is -0.455 e. The van der Waals surface area contributed by atoms with Gasteiger partial charge in [-0.25, -0.2) is 17.1 Å². The summed E-state index contributed by atoms with van der Waals surface area (Å²) in [6.45, 7) is 7.92. The molecule has 3 aromatic carbocycles. The third-order valence-corrected chi connectivity index (χ3v) is 9.69. The fraction of sp³-hybridized carbons (Fsp3) is 0.344. The lowest BCUT2D eigenvalue weighted by Gasteiger charge is -2.32. The molecule has 6 rings (SSSR count). The lowest BCUT2D eigenvalue weighted by molar-refractivity contribution is 0.00578. The number of halogens is 1. The molecule has 1 amide bonds. The van der Waals surface area contributed by atoms with E-state index in [1.54, 1.807) is 30.3 Å². The molecule has 2 aliphatic rings. The lowest BCUT2D eigenvalue weighted by Crippen LogP contribution is -2.41. The Morgan fingerprint density at radius 1 is 0.977 bits per heavy atom. The summed E-state index contributed by atoms with van der Waals surface area (Å²) in [5.41, 5.74) is 2.67. The molecule has 0 radical (unpaired) electrons. The number of hydrogen-bond acceptors (Lipinski definition) is 6. The molecule has 0 atom stereocenters. The molecule has 1 N–H and O–H groups in total. The van der Waals surface area contributed by atoms with Gasteiger partial charge in [0.2, 0.25) is 10.0 Å². The number of hydrogen-bond donors (Lipinski definition) is 1. The Hall–Kier alpha value is -3.67. The van der Waals surface area contributed by atoms with Gasteiger partial charge in [0.1, 0.15) is 17.2 Å². The number of rotatable bonds is 7. The first-order valence-corrected chi connectivity index (χ1v) is 16.1. The van der Waals surface area contributed by atoms with E-state index in [0.717, 1.165) is 30.1 Å². The Balaban J connectivity index is 1.48. The normalized spacial score (nSPS) is 17.8. The molecular formula is C32H34BFN2O6S. The van der Waals surface area contributed by atoms with Crippen molar-refractivity contribution < 1.29 is 31.3 Å². The summed E-state index contributed by atoms with van der Waals surface area (Å²) in [4.78, 5) is 13.1. The van der Waals surface area contributed by atoms with Crippen molar-refractivity contribution in [3.8, 4) is 11.3 Å². The topological polar surface area (TPSA) is 98.1 Å². The largest absolute Gasteiger partial charge is 0.494 e. The van der Waals surface area contributed by atoms with Crippen LogP contribution in [0.4, 0.5) is 15.8 Å². The van der Waals surface area contributed by atoms with Crippen LogP contribution in [0.25, 0.3) is 22.3 Å². The van der Waals surface area contributed by atoms with Gasteiger partial charge in [-0.3, -0.25) is 4.79 Å². The van der Waals surface area contributed by atoms with Gasteiger partial charge in [-0.1, -0.05) is 12.1 Å². The number of furan rings is 1. The third-order valence-electron chi connectivity index (χ3n) is 8.62. The van der Waals surface area contributed by atoms with Gasteiger partial charge in [0.15, 0.2) is 0 Å². The minimum atomic E-state index is -3.81. The second-order valence-electron chi connectivity index (χ2n) is 12.3. The molecule has 0 unspecified atom stereocenters. The van der Waals surface area contributed by atoms with Crippen LogP contribution in [-0.2, 0) is 19.3 Å². The second kappa shape index (κ2) is 10.2. The molecule has 1 aliphatic carbocycles. The predicted octanol–water partition coefficient (Wildman–Crippen LogP) is 5.87. The molecule has 1 saturated heterocycles. The van der Waals surface area contributed by atoms with Gasteiger partial charge in [-0.2, -0.15) is 0 Å². The first kappa shape index (κ1) is 29.4. The molecule has 2 heterocycles. The van der Waals surface area contributed by atoms with E-state index in [1.807, 2.05) is 45.9 Å². The Bertz CT molecular complexity index is 1810. The number of sulfonamides is 1. The van der Waals surface area contributed by atoms with E-state index in [-0.39, 0.29) is 17.6 Å². The highest BCUT2D eigenvalue weighted by Gasteiger charge is 2.51. The maximum atomic E-state index is 13.7. The van der Waals surface area contributed by atoms with Crippen molar-refractivity contribution in [1.29, 1.82) is 0 Å². The molecule has 1 saturated carbocycles. The van der Waals surface area contributed by atoms with Gasteiger partial charge in [0, 0.05) is 24.1 Å². The second-order valence-corrected chi connectivity index (χ2v) is 14.1. The van der Waals surface area contributed by atoms with Crippen molar-refractivity contribution in [1.82, 2.24) is 5.32 Å². The molecule has 1 aromatic heterocycles. The highest BCUT2D eigenvalue weighted by molar-refractivity contribution is 7.92. The van der Waals surface area contributed by atoms with Crippen LogP contribution in [0.5, 0.6) is 0 Å². The number of fused-ring (bicyclic) bond motifs is 1. The number of benzene rings is 3. The predicted molar refractivity (Wildman–Crippen MR) is 166 cm³/mol. The zero-order valence-corrected chi connectivity index (χ0v) is 25.8. The zero-order valence-electron chi connectivity index (χ0n) is 25.0. The molecule has 0 bridgehead atoms. The van der Waals surface area contributed by atoms with E-state index in [1.165, 1.54) is 23.5 Å². The van der Waals surface area contributed by atoms with Gasteiger partial charge in [0.25, 0.3) is 5.91 Å². The summed E-state index contributed by atoms with van der Waals surface area (Å²) in [6, 6.07) is 16.4. The Labute approximate surface area is 251 Å². The third kappa shape index (κ3) is 5.23. The molecule has 8 nitrogen and oxygen atoms in total. The average molecular weight is 605 g/mol. The summed E-state index contributed by atoms with van der Waals surface area (Å²) in [7, 11) is -2.86. The van der Waals surface area contributed by atoms with Gasteiger partial charge in [-0.05, 0) is 99.9 Å². The van der Waals surface area contributed by atoms with Crippen LogP contribution in [-0.4, -0.2) is 45.9 Å². The fourth-order valence-electron chi connectivity index (χ4n) is 5.46. The van der Waals surface area contributed by atoms with E-state index < -0.39 is 34.2 Å². The van der Waals surface area contributed by atoms with Crippen molar-refractivity contribution in [2.24, 2.45) is 0 Å². The van der Waals surface area contributed by atoms with Crippen LogP contribution in [0.2, 0.25) is 0 Å². The lowest BCUT2D eigenvalue weighted by atomic mass is 9.79. The van der Waals surface area contributed by atoms with Crippen molar-refractivity contribution in [2.75, 3.05) is 17.6 Å². The van der Waals surface area contributed by atoms with Crippen molar-refractivity contribution in [3.63, 3.8) is 0 Å². The molecular weight excluding hydrogens is 570 g/mol. The van der Waals surface area contributed by atoms with Gasteiger partial charge in [-0.15, -0.1) is 0 Å². The first-order valence-electron chi connectivity index (χ1n) is 14.2. The minimum absolute atomic E-state index is 0.134. The van der Waals surface area contributed by atoms with Crippen molar-refractivity contribution >= 4 is 50.9 Å². The summed E-state index contributed by atoms with van der Waals surface area (Å²) in [6.07, 6.45) is 2.96. The smallest absolute Gasteiger partial charge is 0.455 e. The maximum absolute atomic E-state index is 13.7. The van der Waals surface area contributed by atoms with E-state index >= 15 is 0 Å². The number of carbonyl (C=O) groups excluding carboxylic acids is 1. The molecule has 1 aliphatic heterocycles. The number of amides is 1. The number of anilines is 2. The van der Waals surface area contributed by atoms with Crippen LogP contribution in [0.15, 0.2) is 65.1 Å². The molecule has 43 heavy (non-hydrogen) atoms. The van der Waals surface area contributed by atoms with Crippen LogP contribution >= 0.6 is 0 Å². The zero-order chi connectivity index (χ0) is 30.9. The molecule has 2 fully saturated rings. The summed E-state index contributed by atoms with van der Waals surface area (Å²) in [5, 5.41) is 3.24. The van der Waals surface area contributed by atoms with Crippen LogP contribution in [0.1, 0.15) is 62.4 Å². The van der Waals surface area contributed by atoms with Crippen LogP contribution in [0.3, 0.4) is 0 Å². The number of nitrogens with one attached hydrogen (secondary N) is 1. The van der Waals surface area contributed by atoms with Crippen molar-refractivity contribution in [3.05, 3.63) is 77.6 Å². The monoisotopic (exact) mass is 604 g/mol. The van der Waals surface area contributed by atoms with E-state index in [9.17, 15) is 17.6 Å². The van der Waals surface area contributed by atoms with E-state index in [0.29, 0.717) is 33.5 Å². The number of nitrogens with zero attached hydrogens (tertiary/aromatic N) is 1. The Morgan fingerprint density at radius 2 is 1.58 bits per heavy atom. The number of carbonyl (C=O) groups is 1. The fourth-order valence-corrected chi connectivity index (χ4v) is 6.48. The van der Waals surface area contributed by atoms with E-state index in [2.05, 4.69) is 5.32 Å². The van der Waals surface area contributed by atoms with Crippen LogP contribution in [0, 0.1) is 5.82 Å². The molecule has 11 heteroatoms. The Morgan fingerprint density at radius 3 is 2.12 bits per heavy atom. The Kier molecular flexibility index (Phi) is 6.98. The highest BCUT2D eigenvalue weighted by atomic mass is 32.2. The maximum Gasteiger partial charge on any atom is 0.494 e. The SMILES string of the molecule is CNC(=O)c1c(-c2ccc(F)cc2)oc2cc(N(c3ccc(B4OC(C)(C)C(C)(C)O4)cc3)S(C)(=O)=O)c(C3CC3)cc12. The van der Waals surface area contributed by atoms with Gasteiger partial charge < -0.3 is 19.0 Å². The molecule has 224 valence electrons. The van der Waals surface area contributed by atoms with E-state index in [4.69, 9.17) is 13.7 Å². The quantitative estimate of drug-likeness (QED) is 0.265. The molecule has 0 spiro atoms. The summed E-state index contributed by atoms with van der Waals surface area (Å²) >= 11 is 0. The van der Waals surface area contributed by atoms with Crippen LogP contribution < -0.4 is 15.1 Å². The first-order chi connectivity index (χ1) is 20.2. The summed E-state index contributed by atoms with van der Waals surface area (Å²) < 4.78 is 60.4. The highest BCUT2D eigenvalue weighted by Crippen LogP contribution is 2.49. The van der Waals surface area contributed by atoms with Gasteiger partial charge >= 0.3 is 7.12 Å². The molecule has 4 aromatic rings. The van der Waals surface area contributed by atoms with Gasteiger partial charge in [0.05, 0.1) is 34.4 Å². The average Bonchev–Trinajstić information content (AvgIpc) is 3.67. The van der Waals surface area contributed by atoms with Crippen molar-refractivity contribution in [2.45, 2.75) is 57.7 Å².